The van der Waals surface area contributed by atoms with E-state index >= 15 is 0 Å². The SMILES string of the molecule is CC(C)c1nn(C2CCCCCC2)c(Cl)c1[N+](=O)[O-]. The van der Waals surface area contributed by atoms with Crippen LogP contribution in [0.3, 0.4) is 0 Å². The predicted octanol–water partition coefficient (Wildman–Crippen LogP) is 4.46. The summed E-state index contributed by atoms with van der Waals surface area (Å²) in [5.41, 5.74) is 0.486. The van der Waals surface area contributed by atoms with Crippen molar-refractivity contribution in [2.75, 3.05) is 0 Å². The van der Waals surface area contributed by atoms with Gasteiger partial charge in [-0.25, -0.2) is 4.68 Å². The van der Waals surface area contributed by atoms with E-state index in [0.717, 1.165) is 25.7 Å². The van der Waals surface area contributed by atoms with Crippen LogP contribution in [0.5, 0.6) is 0 Å². The molecule has 1 aliphatic carbocycles. The van der Waals surface area contributed by atoms with Crippen LogP contribution in [0.1, 0.15) is 70.0 Å². The Kier molecular flexibility index (Phi) is 4.45. The second-order valence-corrected chi connectivity index (χ2v) is 5.88. The third-order valence-corrected chi connectivity index (χ3v) is 4.11. The third kappa shape index (κ3) is 2.91. The average Bonchev–Trinajstić information content (AvgIpc) is 2.53. The van der Waals surface area contributed by atoms with Crippen LogP contribution in [0.4, 0.5) is 5.69 Å². The molecule has 6 heteroatoms. The normalized spacial score (nSPS) is 17.7. The summed E-state index contributed by atoms with van der Waals surface area (Å²) in [6.07, 6.45) is 6.77. The van der Waals surface area contributed by atoms with Crippen LogP contribution in [0.25, 0.3) is 0 Å². The molecule has 1 fully saturated rings. The van der Waals surface area contributed by atoms with Crippen LogP contribution in [0, 0.1) is 10.1 Å². The van der Waals surface area contributed by atoms with Gasteiger partial charge < -0.3 is 0 Å². The van der Waals surface area contributed by atoms with E-state index in [1.54, 1.807) is 4.68 Å². The molecule has 0 N–H and O–H groups in total. The Hall–Kier alpha value is -1.10. The van der Waals surface area contributed by atoms with Gasteiger partial charge in [-0.05, 0) is 12.8 Å². The van der Waals surface area contributed by atoms with Gasteiger partial charge in [-0.1, -0.05) is 51.1 Å². The first-order chi connectivity index (χ1) is 9.02. The molecule has 0 aliphatic heterocycles. The average molecular weight is 286 g/mol. The van der Waals surface area contributed by atoms with Crippen LogP contribution < -0.4 is 0 Å². The lowest BCUT2D eigenvalue weighted by Crippen LogP contribution is -2.10. The zero-order valence-corrected chi connectivity index (χ0v) is 12.2. The van der Waals surface area contributed by atoms with Crippen LogP contribution in [0.2, 0.25) is 5.15 Å². The monoisotopic (exact) mass is 285 g/mol. The van der Waals surface area contributed by atoms with Crippen LogP contribution in [0.15, 0.2) is 0 Å². The predicted molar refractivity (Wildman–Crippen MR) is 74.7 cm³/mol. The molecule has 0 aromatic carbocycles. The Morgan fingerprint density at radius 3 is 2.32 bits per heavy atom. The molecule has 0 saturated heterocycles. The summed E-state index contributed by atoms with van der Waals surface area (Å²) < 4.78 is 1.69. The van der Waals surface area contributed by atoms with Gasteiger partial charge in [0.05, 0.1) is 11.0 Å². The Morgan fingerprint density at radius 1 is 1.32 bits per heavy atom. The Labute approximate surface area is 118 Å². The highest BCUT2D eigenvalue weighted by Gasteiger charge is 2.31. The molecule has 0 bridgehead atoms. The molecule has 0 unspecified atom stereocenters. The van der Waals surface area contributed by atoms with E-state index in [2.05, 4.69) is 5.10 Å². The van der Waals surface area contributed by atoms with Crippen molar-refractivity contribution in [3.63, 3.8) is 0 Å². The minimum Gasteiger partial charge on any atom is -0.258 e. The number of halogens is 1. The molecular weight excluding hydrogens is 266 g/mol. The number of rotatable bonds is 3. The van der Waals surface area contributed by atoms with Gasteiger partial charge in [-0.2, -0.15) is 5.10 Å². The molecular formula is C13H20ClN3O2. The first kappa shape index (κ1) is 14.3. The second-order valence-electron chi connectivity index (χ2n) is 5.53. The summed E-state index contributed by atoms with van der Waals surface area (Å²) in [5, 5.41) is 15.8. The van der Waals surface area contributed by atoms with Crippen molar-refractivity contribution in [3.05, 3.63) is 21.0 Å². The van der Waals surface area contributed by atoms with Crippen molar-refractivity contribution in [2.24, 2.45) is 0 Å². The minimum absolute atomic E-state index is 0.00456. The van der Waals surface area contributed by atoms with Gasteiger partial charge in [0.1, 0.15) is 5.69 Å². The molecule has 0 spiro atoms. The summed E-state index contributed by atoms with van der Waals surface area (Å²) in [6, 6.07) is 0.209. The first-order valence-corrected chi connectivity index (χ1v) is 7.32. The Bertz CT molecular complexity index is 463. The van der Waals surface area contributed by atoms with Gasteiger partial charge in [0.15, 0.2) is 0 Å². The van der Waals surface area contributed by atoms with Gasteiger partial charge in [0.2, 0.25) is 5.15 Å². The van der Waals surface area contributed by atoms with E-state index in [1.165, 1.54) is 12.8 Å². The zero-order chi connectivity index (χ0) is 14.0. The summed E-state index contributed by atoms with van der Waals surface area (Å²) in [7, 11) is 0. The van der Waals surface area contributed by atoms with Gasteiger partial charge in [-0.15, -0.1) is 0 Å². The number of nitrogens with zero attached hydrogens (tertiary/aromatic N) is 3. The maximum Gasteiger partial charge on any atom is 0.329 e. The lowest BCUT2D eigenvalue weighted by Gasteiger charge is -2.15. The number of aromatic nitrogens is 2. The van der Waals surface area contributed by atoms with E-state index in [1.807, 2.05) is 13.8 Å². The van der Waals surface area contributed by atoms with Crippen molar-refractivity contribution < 1.29 is 4.92 Å². The molecule has 1 saturated carbocycles. The van der Waals surface area contributed by atoms with Crippen LogP contribution >= 0.6 is 11.6 Å². The first-order valence-electron chi connectivity index (χ1n) is 6.94. The highest BCUT2D eigenvalue weighted by molar-refractivity contribution is 6.31. The third-order valence-electron chi connectivity index (χ3n) is 3.75. The molecule has 0 atom stereocenters. The van der Waals surface area contributed by atoms with Crippen molar-refractivity contribution in [2.45, 2.75) is 64.3 Å². The van der Waals surface area contributed by atoms with Gasteiger partial charge in [0.25, 0.3) is 0 Å². The van der Waals surface area contributed by atoms with Crippen LogP contribution in [-0.2, 0) is 0 Å². The van der Waals surface area contributed by atoms with Crippen LogP contribution in [-0.4, -0.2) is 14.7 Å². The lowest BCUT2D eigenvalue weighted by molar-refractivity contribution is -0.385. The fourth-order valence-corrected chi connectivity index (χ4v) is 3.07. The van der Waals surface area contributed by atoms with E-state index in [-0.39, 0.29) is 22.8 Å². The van der Waals surface area contributed by atoms with Gasteiger partial charge in [0, 0.05) is 5.92 Å². The molecule has 1 heterocycles. The zero-order valence-electron chi connectivity index (χ0n) is 11.4. The topological polar surface area (TPSA) is 61.0 Å². The molecule has 5 nitrogen and oxygen atoms in total. The highest BCUT2D eigenvalue weighted by Crippen LogP contribution is 2.37. The minimum atomic E-state index is -0.405. The molecule has 106 valence electrons. The van der Waals surface area contributed by atoms with E-state index in [9.17, 15) is 10.1 Å². The largest absolute Gasteiger partial charge is 0.329 e. The van der Waals surface area contributed by atoms with Crippen molar-refractivity contribution in [1.82, 2.24) is 9.78 Å². The number of nitro groups is 1. The summed E-state index contributed by atoms with van der Waals surface area (Å²) >= 11 is 6.21. The van der Waals surface area contributed by atoms with Crippen molar-refractivity contribution in [1.29, 1.82) is 0 Å². The number of hydrogen-bond acceptors (Lipinski definition) is 3. The summed E-state index contributed by atoms with van der Waals surface area (Å²) in [6.45, 7) is 3.81. The molecule has 0 radical (unpaired) electrons. The second kappa shape index (κ2) is 5.90. The molecule has 19 heavy (non-hydrogen) atoms. The smallest absolute Gasteiger partial charge is 0.258 e. The molecule has 2 rings (SSSR count). The molecule has 1 aromatic heterocycles. The fourth-order valence-electron chi connectivity index (χ4n) is 2.72. The maximum atomic E-state index is 11.2. The maximum absolute atomic E-state index is 11.2. The Morgan fingerprint density at radius 2 is 1.89 bits per heavy atom. The number of hydrogen-bond donors (Lipinski definition) is 0. The van der Waals surface area contributed by atoms with Crippen molar-refractivity contribution in [3.8, 4) is 0 Å². The van der Waals surface area contributed by atoms with Crippen molar-refractivity contribution >= 4 is 17.3 Å². The van der Waals surface area contributed by atoms with Gasteiger partial charge >= 0.3 is 5.69 Å². The van der Waals surface area contributed by atoms with Gasteiger partial charge in [-0.3, -0.25) is 10.1 Å². The molecule has 0 amide bonds. The summed E-state index contributed by atoms with van der Waals surface area (Å²) in [4.78, 5) is 10.8. The summed E-state index contributed by atoms with van der Waals surface area (Å²) in [5.74, 6) is 0.00456. The lowest BCUT2D eigenvalue weighted by atomic mass is 10.1. The quantitative estimate of drug-likeness (QED) is 0.468. The van der Waals surface area contributed by atoms with E-state index < -0.39 is 4.92 Å². The Balaban J connectivity index is 2.40. The molecule has 1 aliphatic rings. The highest BCUT2D eigenvalue weighted by atomic mass is 35.5. The van der Waals surface area contributed by atoms with E-state index in [4.69, 9.17) is 11.6 Å². The molecule has 1 aromatic rings. The standard InChI is InChI=1S/C13H20ClN3O2/c1-9(2)11-12(17(18)19)13(14)16(15-11)10-7-5-3-4-6-8-10/h9-10H,3-8H2,1-2H3. The fraction of sp³-hybridized carbons (Fsp3) is 0.769. The van der Waals surface area contributed by atoms with E-state index in [0.29, 0.717) is 5.69 Å².